The maximum atomic E-state index is 12.9. The molecule has 0 unspecified atom stereocenters. The van der Waals surface area contributed by atoms with E-state index in [-0.39, 0.29) is 16.7 Å². The Hall–Kier alpha value is -2.72. The van der Waals surface area contributed by atoms with Crippen LogP contribution in [0.15, 0.2) is 41.4 Å². The Bertz CT molecular complexity index is 984. The van der Waals surface area contributed by atoms with Gasteiger partial charge in [-0.1, -0.05) is 0 Å². The van der Waals surface area contributed by atoms with Gasteiger partial charge in [0.15, 0.2) is 0 Å². The van der Waals surface area contributed by atoms with E-state index in [1.165, 1.54) is 16.6 Å². The van der Waals surface area contributed by atoms with Gasteiger partial charge in [0.25, 0.3) is 5.69 Å². The standard InChI is InChI=1S/C19H24N4O5S/c1-14(2)28-17-4-6-18(7-5-17)29(26,27)22-10-8-21(9-11-22)19-15(3)12-16(13-20-19)23(24)25/h4-7,12-14H,8-11H2,1-3H3. The zero-order chi connectivity index (χ0) is 21.2. The lowest BCUT2D eigenvalue weighted by atomic mass is 10.2. The van der Waals surface area contributed by atoms with Crippen molar-refractivity contribution in [3.05, 3.63) is 52.2 Å². The largest absolute Gasteiger partial charge is 0.491 e. The second-order valence-electron chi connectivity index (χ2n) is 7.12. The number of hydrogen-bond donors (Lipinski definition) is 0. The molecule has 29 heavy (non-hydrogen) atoms. The van der Waals surface area contributed by atoms with E-state index in [1.807, 2.05) is 18.7 Å². The summed E-state index contributed by atoms with van der Waals surface area (Å²) in [5.74, 6) is 1.27. The first kappa shape index (κ1) is 21.0. The highest BCUT2D eigenvalue weighted by atomic mass is 32.2. The fourth-order valence-corrected chi connectivity index (χ4v) is 4.66. The summed E-state index contributed by atoms with van der Waals surface area (Å²) in [6.07, 6.45) is 1.24. The predicted octanol–water partition coefficient (Wildman–Crippen LogP) is 2.60. The fourth-order valence-electron chi connectivity index (χ4n) is 3.24. The van der Waals surface area contributed by atoms with Crippen LogP contribution in [-0.2, 0) is 10.0 Å². The van der Waals surface area contributed by atoms with E-state index in [1.54, 1.807) is 31.2 Å². The van der Waals surface area contributed by atoms with Crippen molar-refractivity contribution in [1.82, 2.24) is 9.29 Å². The molecule has 10 heteroatoms. The van der Waals surface area contributed by atoms with Crippen LogP contribution in [0, 0.1) is 17.0 Å². The van der Waals surface area contributed by atoms with Gasteiger partial charge in [-0.2, -0.15) is 4.31 Å². The number of hydrogen-bond acceptors (Lipinski definition) is 7. The lowest BCUT2D eigenvalue weighted by molar-refractivity contribution is -0.385. The topological polar surface area (TPSA) is 106 Å². The lowest BCUT2D eigenvalue weighted by Gasteiger charge is -2.35. The highest BCUT2D eigenvalue weighted by molar-refractivity contribution is 7.89. The maximum absolute atomic E-state index is 12.9. The monoisotopic (exact) mass is 420 g/mol. The number of anilines is 1. The molecule has 0 spiro atoms. The summed E-state index contributed by atoms with van der Waals surface area (Å²) in [5, 5.41) is 10.9. The van der Waals surface area contributed by atoms with Gasteiger partial charge in [0.2, 0.25) is 10.0 Å². The van der Waals surface area contributed by atoms with Crippen LogP contribution in [0.3, 0.4) is 0 Å². The number of rotatable bonds is 6. The highest BCUT2D eigenvalue weighted by Gasteiger charge is 2.29. The molecule has 1 saturated heterocycles. The molecule has 0 radical (unpaired) electrons. The van der Waals surface area contributed by atoms with E-state index in [2.05, 4.69) is 4.98 Å². The van der Waals surface area contributed by atoms with Crippen molar-refractivity contribution in [3.8, 4) is 5.75 Å². The van der Waals surface area contributed by atoms with E-state index >= 15 is 0 Å². The summed E-state index contributed by atoms with van der Waals surface area (Å²) in [4.78, 5) is 16.8. The molecule has 1 aromatic heterocycles. The first-order valence-corrected chi connectivity index (χ1v) is 10.8. The van der Waals surface area contributed by atoms with Crippen molar-refractivity contribution in [3.63, 3.8) is 0 Å². The van der Waals surface area contributed by atoms with Crippen LogP contribution in [-0.4, -0.2) is 54.9 Å². The molecule has 0 amide bonds. The normalized spacial score (nSPS) is 15.5. The van der Waals surface area contributed by atoms with E-state index in [9.17, 15) is 18.5 Å². The molecule has 2 heterocycles. The Morgan fingerprint density at radius 3 is 2.28 bits per heavy atom. The van der Waals surface area contributed by atoms with Crippen molar-refractivity contribution in [2.45, 2.75) is 31.8 Å². The van der Waals surface area contributed by atoms with Gasteiger partial charge in [-0.05, 0) is 50.6 Å². The number of aryl methyl sites for hydroxylation is 1. The van der Waals surface area contributed by atoms with Crippen LogP contribution in [0.2, 0.25) is 0 Å². The highest BCUT2D eigenvalue weighted by Crippen LogP contribution is 2.25. The van der Waals surface area contributed by atoms with Gasteiger partial charge in [-0.3, -0.25) is 10.1 Å². The van der Waals surface area contributed by atoms with Crippen LogP contribution in [0.1, 0.15) is 19.4 Å². The van der Waals surface area contributed by atoms with Crippen LogP contribution in [0.4, 0.5) is 11.5 Å². The van der Waals surface area contributed by atoms with E-state index in [4.69, 9.17) is 4.74 Å². The number of aromatic nitrogens is 1. The third kappa shape index (κ3) is 4.65. The minimum absolute atomic E-state index is 0.0158. The van der Waals surface area contributed by atoms with Gasteiger partial charge in [0.05, 0.1) is 15.9 Å². The Balaban J connectivity index is 1.69. The van der Waals surface area contributed by atoms with E-state index < -0.39 is 14.9 Å². The van der Waals surface area contributed by atoms with E-state index in [0.717, 1.165) is 0 Å². The summed E-state index contributed by atoms with van der Waals surface area (Å²) in [6.45, 7) is 7.12. The zero-order valence-electron chi connectivity index (χ0n) is 16.6. The van der Waals surface area contributed by atoms with Crippen LogP contribution >= 0.6 is 0 Å². The van der Waals surface area contributed by atoms with Gasteiger partial charge in [-0.15, -0.1) is 0 Å². The Morgan fingerprint density at radius 1 is 1.14 bits per heavy atom. The second kappa shape index (κ2) is 8.34. The molecule has 1 aliphatic rings. The predicted molar refractivity (Wildman–Crippen MR) is 109 cm³/mol. The number of ether oxygens (including phenoxy) is 1. The number of piperazine rings is 1. The van der Waals surface area contributed by atoms with E-state index in [0.29, 0.717) is 43.3 Å². The van der Waals surface area contributed by atoms with Gasteiger partial charge in [0, 0.05) is 32.2 Å². The number of nitrogens with zero attached hydrogens (tertiary/aromatic N) is 4. The Morgan fingerprint density at radius 2 is 1.76 bits per heavy atom. The first-order valence-electron chi connectivity index (χ1n) is 9.31. The molecule has 9 nitrogen and oxygen atoms in total. The van der Waals surface area contributed by atoms with Crippen LogP contribution in [0.25, 0.3) is 0 Å². The molecular formula is C19H24N4O5S. The minimum Gasteiger partial charge on any atom is -0.491 e. The first-order chi connectivity index (χ1) is 13.7. The second-order valence-corrected chi connectivity index (χ2v) is 9.06. The molecule has 1 aliphatic heterocycles. The van der Waals surface area contributed by atoms with Crippen LogP contribution in [0.5, 0.6) is 5.75 Å². The molecule has 0 saturated carbocycles. The third-order valence-corrected chi connectivity index (χ3v) is 6.53. The molecule has 1 aromatic carbocycles. The van der Waals surface area contributed by atoms with Gasteiger partial charge in [0.1, 0.15) is 17.8 Å². The SMILES string of the molecule is Cc1cc([N+](=O)[O-])cnc1N1CCN(S(=O)(=O)c2ccc(OC(C)C)cc2)CC1. The quantitative estimate of drug-likeness (QED) is 0.522. The summed E-state index contributed by atoms with van der Waals surface area (Å²) in [6, 6.07) is 7.91. The van der Waals surface area contributed by atoms with Crippen molar-refractivity contribution in [1.29, 1.82) is 0 Å². The molecule has 0 atom stereocenters. The van der Waals surface area contributed by atoms with Crippen molar-refractivity contribution >= 4 is 21.5 Å². The minimum atomic E-state index is -3.60. The smallest absolute Gasteiger partial charge is 0.287 e. The average Bonchev–Trinajstić information content (AvgIpc) is 2.68. The van der Waals surface area contributed by atoms with Crippen molar-refractivity contribution in [2.24, 2.45) is 0 Å². The lowest BCUT2D eigenvalue weighted by Crippen LogP contribution is -2.49. The number of nitro groups is 1. The molecule has 2 aromatic rings. The summed E-state index contributed by atoms with van der Waals surface area (Å²) in [5.41, 5.74) is 0.633. The van der Waals surface area contributed by atoms with Crippen molar-refractivity contribution in [2.75, 3.05) is 31.1 Å². The number of pyridine rings is 1. The maximum Gasteiger partial charge on any atom is 0.287 e. The van der Waals surface area contributed by atoms with Crippen LogP contribution < -0.4 is 9.64 Å². The molecule has 0 aliphatic carbocycles. The summed E-state index contributed by atoms with van der Waals surface area (Å²) >= 11 is 0. The Labute approximate surface area is 170 Å². The summed E-state index contributed by atoms with van der Waals surface area (Å²) < 4.78 is 32.9. The average molecular weight is 420 g/mol. The Kier molecular flexibility index (Phi) is 6.04. The molecule has 156 valence electrons. The molecule has 3 rings (SSSR count). The molecular weight excluding hydrogens is 396 g/mol. The number of benzene rings is 1. The summed E-state index contributed by atoms with van der Waals surface area (Å²) in [7, 11) is -3.60. The molecule has 0 bridgehead atoms. The zero-order valence-corrected chi connectivity index (χ0v) is 17.4. The van der Waals surface area contributed by atoms with Gasteiger partial charge < -0.3 is 9.64 Å². The fraction of sp³-hybridized carbons (Fsp3) is 0.421. The van der Waals surface area contributed by atoms with Gasteiger partial charge in [-0.25, -0.2) is 13.4 Å². The molecule has 1 fully saturated rings. The van der Waals surface area contributed by atoms with Crippen molar-refractivity contribution < 1.29 is 18.1 Å². The van der Waals surface area contributed by atoms with Gasteiger partial charge >= 0.3 is 0 Å². The third-order valence-electron chi connectivity index (χ3n) is 4.62. The number of sulfonamides is 1. The molecule has 0 N–H and O–H groups in total.